The Bertz CT molecular complexity index is 112. The number of hydrogen-bond acceptors (Lipinski definition) is 0. The predicted octanol–water partition coefficient (Wildman–Crippen LogP) is 1.87. The second-order valence-corrected chi connectivity index (χ2v) is 1.43. The van der Waals surface area contributed by atoms with E-state index in [0.717, 1.165) is 0 Å². The monoisotopic (exact) mass is 91.1 g/mol. The molecule has 1 aliphatic carbocycles. The van der Waals surface area contributed by atoms with Crippen LogP contribution in [0, 0.1) is 5.92 Å². The van der Waals surface area contributed by atoms with E-state index in [1.165, 1.54) is 5.92 Å². The van der Waals surface area contributed by atoms with Crippen molar-refractivity contribution in [2.45, 2.75) is 0 Å². The van der Waals surface area contributed by atoms with Gasteiger partial charge >= 0.3 is 0 Å². The zero-order valence-electron chi connectivity index (χ0n) is 4.09. The Morgan fingerprint density at radius 1 is 1.43 bits per heavy atom. The van der Waals surface area contributed by atoms with Gasteiger partial charge < -0.3 is 0 Å². The van der Waals surface area contributed by atoms with Gasteiger partial charge in [-0.15, -0.1) is 0 Å². The third-order valence-corrected chi connectivity index (χ3v) is 0.784. The van der Waals surface area contributed by atoms with E-state index in [1.54, 1.807) is 6.08 Å². The molecule has 0 atom stereocenters. The van der Waals surface area contributed by atoms with Crippen LogP contribution in [0.3, 0.4) is 0 Å². The molecular formula is C7H7. The lowest BCUT2D eigenvalue weighted by Gasteiger charge is -1.72. The first-order valence-electron chi connectivity index (χ1n) is 2.27. The summed E-state index contributed by atoms with van der Waals surface area (Å²) in [6.45, 7) is 3.53. The van der Waals surface area contributed by atoms with Gasteiger partial charge in [-0.3, -0.25) is 0 Å². The first-order chi connectivity index (χ1) is 3.43. The summed E-state index contributed by atoms with van der Waals surface area (Å²) in [6.07, 6.45) is 9.83. The average molecular weight is 91.1 g/mol. The number of hydrogen-bond donors (Lipinski definition) is 0. The highest BCUT2D eigenvalue weighted by Crippen LogP contribution is 2.19. The Hall–Kier alpha value is -0.780. The molecule has 0 fully saturated rings. The molecule has 0 nitrogen and oxygen atoms in total. The first kappa shape index (κ1) is 4.38. The van der Waals surface area contributed by atoms with Crippen LogP contribution in [0.25, 0.3) is 0 Å². The van der Waals surface area contributed by atoms with E-state index in [1.807, 2.05) is 12.2 Å². The lowest BCUT2D eigenvalue weighted by molar-refractivity contribution is 1.71. The summed E-state index contributed by atoms with van der Waals surface area (Å²) in [5.74, 6) is 1.31. The molecule has 0 unspecified atom stereocenters. The Kier molecular flexibility index (Phi) is 1.12. The molecule has 0 saturated heterocycles. The van der Waals surface area contributed by atoms with Crippen LogP contribution in [-0.4, -0.2) is 0 Å². The standard InChI is InChI=1S/C7H7/c1-2-3-4-7-5-6-7/h2-6H,1H2/b4-3+. The summed E-state index contributed by atoms with van der Waals surface area (Å²) < 4.78 is 0. The van der Waals surface area contributed by atoms with Crippen LogP contribution in [0.2, 0.25) is 0 Å². The Morgan fingerprint density at radius 2 is 2.14 bits per heavy atom. The van der Waals surface area contributed by atoms with Crippen LogP contribution >= 0.6 is 0 Å². The first-order valence-corrected chi connectivity index (χ1v) is 2.27. The topological polar surface area (TPSA) is 0 Å². The SMILES string of the molecule is C=C/C=C/[C]1C=C1. The van der Waals surface area contributed by atoms with Crippen LogP contribution in [0.4, 0.5) is 0 Å². The summed E-state index contributed by atoms with van der Waals surface area (Å²) in [6, 6.07) is 0. The molecule has 0 aromatic heterocycles. The van der Waals surface area contributed by atoms with Crippen LogP contribution in [-0.2, 0) is 0 Å². The molecule has 1 rings (SSSR count). The maximum absolute atomic E-state index is 3.53. The van der Waals surface area contributed by atoms with Gasteiger partial charge in [-0.1, -0.05) is 37.0 Å². The fourth-order valence-corrected chi connectivity index (χ4v) is 0.338. The van der Waals surface area contributed by atoms with E-state index in [-0.39, 0.29) is 0 Å². The number of allylic oxidation sites excluding steroid dienone is 5. The molecule has 0 N–H and O–H groups in total. The fraction of sp³-hybridized carbons (Fsp3) is 0. The maximum atomic E-state index is 3.53. The van der Waals surface area contributed by atoms with Crippen LogP contribution in [0.15, 0.2) is 37.0 Å². The van der Waals surface area contributed by atoms with Crippen molar-refractivity contribution in [3.8, 4) is 0 Å². The molecule has 0 aromatic carbocycles. The van der Waals surface area contributed by atoms with Gasteiger partial charge in [0.15, 0.2) is 0 Å². The summed E-state index contributed by atoms with van der Waals surface area (Å²) in [5.41, 5.74) is 0. The largest absolute Gasteiger partial charge is 0.0991 e. The van der Waals surface area contributed by atoms with Crippen molar-refractivity contribution < 1.29 is 0 Å². The molecule has 0 amide bonds. The van der Waals surface area contributed by atoms with Crippen molar-refractivity contribution in [2.75, 3.05) is 0 Å². The minimum atomic E-state index is 1.31. The average Bonchev–Trinajstić information content (AvgIpc) is 2.42. The Balaban J connectivity index is 2.19. The van der Waals surface area contributed by atoms with Gasteiger partial charge in [-0.05, 0) is 0 Å². The van der Waals surface area contributed by atoms with E-state index < -0.39 is 0 Å². The third kappa shape index (κ3) is 1.40. The molecule has 0 bridgehead atoms. The minimum absolute atomic E-state index is 1.31. The van der Waals surface area contributed by atoms with E-state index in [9.17, 15) is 0 Å². The van der Waals surface area contributed by atoms with E-state index in [0.29, 0.717) is 0 Å². The van der Waals surface area contributed by atoms with Crippen molar-refractivity contribution >= 4 is 0 Å². The van der Waals surface area contributed by atoms with Gasteiger partial charge in [-0.25, -0.2) is 0 Å². The summed E-state index contributed by atoms with van der Waals surface area (Å²) in [5, 5.41) is 0. The second kappa shape index (κ2) is 1.78. The van der Waals surface area contributed by atoms with Crippen LogP contribution in [0.5, 0.6) is 0 Å². The Labute approximate surface area is 43.9 Å². The highest BCUT2D eigenvalue weighted by molar-refractivity contribution is 5.47. The highest BCUT2D eigenvalue weighted by Gasteiger charge is 2.03. The van der Waals surface area contributed by atoms with Gasteiger partial charge in [0, 0.05) is 5.92 Å². The van der Waals surface area contributed by atoms with Crippen molar-refractivity contribution in [1.29, 1.82) is 0 Å². The Morgan fingerprint density at radius 3 is 2.57 bits per heavy atom. The molecule has 0 spiro atoms. The van der Waals surface area contributed by atoms with Gasteiger partial charge in [0.25, 0.3) is 0 Å². The smallest absolute Gasteiger partial charge is 0.0407 e. The minimum Gasteiger partial charge on any atom is -0.0991 e. The van der Waals surface area contributed by atoms with Gasteiger partial charge in [0.05, 0.1) is 0 Å². The molecule has 35 valence electrons. The lowest BCUT2D eigenvalue weighted by atomic mass is 10.3. The molecule has 1 radical (unpaired) electrons. The molecule has 0 heteroatoms. The maximum Gasteiger partial charge on any atom is 0.0407 e. The van der Waals surface area contributed by atoms with Crippen molar-refractivity contribution in [1.82, 2.24) is 0 Å². The summed E-state index contributed by atoms with van der Waals surface area (Å²) in [4.78, 5) is 0. The van der Waals surface area contributed by atoms with E-state index in [2.05, 4.69) is 18.7 Å². The third-order valence-electron chi connectivity index (χ3n) is 0.784. The molecule has 0 aliphatic heterocycles. The molecule has 0 heterocycles. The second-order valence-electron chi connectivity index (χ2n) is 1.43. The lowest BCUT2D eigenvalue weighted by Crippen LogP contribution is -1.56. The normalized spacial score (nSPS) is 18.3. The van der Waals surface area contributed by atoms with Crippen molar-refractivity contribution in [3.05, 3.63) is 42.9 Å². The highest BCUT2D eigenvalue weighted by atomic mass is 14.1. The number of rotatable bonds is 2. The summed E-state index contributed by atoms with van der Waals surface area (Å²) in [7, 11) is 0. The molecule has 0 saturated carbocycles. The predicted molar refractivity (Wildman–Crippen MR) is 31.7 cm³/mol. The van der Waals surface area contributed by atoms with Crippen molar-refractivity contribution in [3.63, 3.8) is 0 Å². The van der Waals surface area contributed by atoms with Crippen molar-refractivity contribution in [2.24, 2.45) is 0 Å². The molecule has 0 aromatic rings. The quantitative estimate of drug-likeness (QED) is 0.455. The molecular weight excluding hydrogens is 84.1 g/mol. The zero-order valence-corrected chi connectivity index (χ0v) is 4.09. The van der Waals surface area contributed by atoms with Gasteiger partial charge in [0.2, 0.25) is 0 Å². The fourth-order valence-electron chi connectivity index (χ4n) is 0.338. The van der Waals surface area contributed by atoms with Gasteiger partial charge in [-0.2, -0.15) is 0 Å². The molecule has 1 aliphatic rings. The van der Waals surface area contributed by atoms with Gasteiger partial charge in [0.1, 0.15) is 0 Å². The zero-order chi connectivity index (χ0) is 5.11. The summed E-state index contributed by atoms with van der Waals surface area (Å²) >= 11 is 0. The molecule has 7 heavy (non-hydrogen) atoms. The van der Waals surface area contributed by atoms with E-state index >= 15 is 0 Å². The van der Waals surface area contributed by atoms with Crippen LogP contribution < -0.4 is 0 Å². The van der Waals surface area contributed by atoms with E-state index in [4.69, 9.17) is 0 Å². The van der Waals surface area contributed by atoms with Crippen LogP contribution in [0.1, 0.15) is 0 Å².